The maximum absolute atomic E-state index is 12.2. The average molecular weight is 286 g/mol. The Morgan fingerprint density at radius 2 is 1.52 bits per heavy atom. The van der Waals surface area contributed by atoms with Crippen molar-refractivity contribution in [3.8, 4) is 17.2 Å². The number of carbonyl (C=O) groups excluding carboxylic acids is 1. The van der Waals surface area contributed by atoms with Gasteiger partial charge in [0, 0.05) is 12.5 Å². The fraction of sp³-hybridized carbons (Fsp3) is 0.235. The molecule has 0 saturated heterocycles. The van der Waals surface area contributed by atoms with E-state index >= 15 is 0 Å². The SMILES string of the molecule is CC(C)c1ccc(CC(=O)c2cc(O)c(O)cc2O)cc1. The number of phenols is 3. The molecule has 3 N–H and O–H groups in total. The van der Waals surface area contributed by atoms with Crippen LogP contribution in [0, 0.1) is 0 Å². The lowest BCUT2D eigenvalue weighted by Gasteiger charge is -2.08. The molecule has 2 rings (SSSR count). The van der Waals surface area contributed by atoms with Gasteiger partial charge in [0.15, 0.2) is 17.3 Å². The summed E-state index contributed by atoms with van der Waals surface area (Å²) in [6.07, 6.45) is 0.121. The molecule has 2 aromatic rings. The van der Waals surface area contributed by atoms with Gasteiger partial charge in [-0.2, -0.15) is 0 Å². The molecule has 0 saturated carbocycles. The van der Waals surface area contributed by atoms with E-state index in [9.17, 15) is 20.1 Å². The molecule has 0 bridgehead atoms. The number of phenolic OH excluding ortho intramolecular Hbond substituents is 3. The van der Waals surface area contributed by atoms with Gasteiger partial charge in [-0.1, -0.05) is 38.1 Å². The van der Waals surface area contributed by atoms with Gasteiger partial charge in [0.05, 0.1) is 5.56 Å². The maximum atomic E-state index is 12.2. The summed E-state index contributed by atoms with van der Waals surface area (Å²) in [6.45, 7) is 4.19. The summed E-state index contributed by atoms with van der Waals surface area (Å²) < 4.78 is 0. The summed E-state index contributed by atoms with van der Waals surface area (Å²) in [7, 11) is 0. The fourth-order valence-corrected chi connectivity index (χ4v) is 2.09. The molecule has 0 heterocycles. The molecule has 0 aromatic heterocycles. The van der Waals surface area contributed by atoms with Gasteiger partial charge in [-0.3, -0.25) is 4.79 Å². The lowest BCUT2D eigenvalue weighted by molar-refractivity contribution is 0.0990. The summed E-state index contributed by atoms with van der Waals surface area (Å²) in [5, 5.41) is 28.4. The lowest BCUT2D eigenvalue weighted by atomic mass is 9.98. The minimum absolute atomic E-state index is 0.00163. The second-order valence-electron chi connectivity index (χ2n) is 5.35. The van der Waals surface area contributed by atoms with Crippen LogP contribution in [0.5, 0.6) is 17.2 Å². The van der Waals surface area contributed by atoms with Gasteiger partial charge in [-0.25, -0.2) is 0 Å². The number of ketones is 1. The fourth-order valence-electron chi connectivity index (χ4n) is 2.09. The first kappa shape index (κ1) is 14.9. The Morgan fingerprint density at radius 1 is 0.952 bits per heavy atom. The molecule has 0 aliphatic rings. The zero-order valence-electron chi connectivity index (χ0n) is 12.0. The van der Waals surface area contributed by atoms with Gasteiger partial charge in [0.25, 0.3) is 0 Å². The van der Waals surface area contributed by atoms with Crippen molar-refractivity contribution in [3.05, 3.63) is 53.1 Å². The van der Waals surface area contributed by atoms with E-state index in [0.29, 0.717) is 5.92 Å². The van der Waals surface area contributed by atoms with Gasteiger partial charge in [-0.05, 0) is 23.1 Å². The van der Waals surface area contributed by atoms with Crippen LogP contribution in [-0.4, -0.2) is 21.1 Å². The smallest absolute Gasteiger partial charge is 0.171 e. The average Bonchev–Trinajstić information content (AvgIpc) is 2.43. The largest absolute Gasteiger partial charge is 0.507 e. The number of aromatic hydroxyl groups is 3. The van der Waals surface area contributed by atoms with Crippen molar-refractivity contribution in [2.24, 2.45) is 0 Å². The highest BCUT2D eigenvalue weighted by Crippen LogP contribution is 2.32. The topological polar surface area (TPSA) is 77.8 Å². The van der Waals surface area contributed by atoms with Crippen molar-refractivity contribution in [1.29, 1.82) is 0 Å². The Morgan fingerprint density at radius 3 is 2.10 bits per heavy atom. The van der Waals surface area contributed by atoms with Crippen LogP contribution in [0.15, 0.2) is 36.4 Å². The number of carbonyl (C=O) groups is 1. The van der Waals surface area contributed by atoms with E-state index in [1.54, 1.807) is 0 Å². The van der Waals surface area contributed by atoms with Crippen LogP contribution < -0.4 is 0 Å². The predicted octanol–water partition coefficient (Wildman–Crippen LogP) is 3.35. The molecule has 0 amide bonds. The van der Waals surface area contributed by atoms with Crippen LogP contribution in [0.25, 0.3) is 0 Å². The van der Waals surface area contributed by atoms with Crippen LogP contribution in [0.3, 0.4) is 0 Å². The molecule has 21 heavy (non-hydrogen) atoms. The van der Waals surface area contributed by atoms with Crippen LogP contribution in [0.1, 0.15) is 41.3 Å². The highest BCUT2D eigenvalue weighted by molar-refractivity contribution is 6.00. The number of Topliss-reactive ketones (excluding diaryl/α,β-unsaturated/α-hetero) is 1. The van der Waals surface area contributed by atoms with E-state index in [4.69, 9.17) is 0 Å². The normalized spacial score (nSPS) is 10.8. The van der Waals surface area contributed by atoms with Gasteiger partial charge in [0.2, 0.25) is 0 Å². The van der Waals surface area contributed by atoms with Crippen LogP contribution >= 0.6 is 0 Å². The number of hydrogen-bond acceptors (Lipinski definition) is 4. The Hall–Kier alpha value is -2.49. The first-order valence-corrected chi connectivity index (χ1v) is 6.75. The summed E-state index contributed by atoms with van der Waals surface area (Å²) in [6, 6.07) is 9.75. The lowest BCUT2D eigenvalue weighted by Crippen LogP contribution is -2.04. The Bertz CT molecular complexity index is 657. The monoisotopic (exact) mass is 286 g/mol. The molecule has 2 aromatic carbocycles. The van der Waals surface area contributed by atoms with Crippen molar-refractivity contribution in [2.45, 2.75) is 26.2 Å². The third kappa shape index (κ3) is 3.34. The summed E-state index contributed by atoms with van der Waals surface area (Å²) >= 11 is 0. The Kier molecular flexibility index (Phi) is 4.17. The van der Waals surface area contributed by atoms with Gasteiger partial charge in [0.1, 0.15) is 5.75 Å². The highest BCUT2D eigenvalue weighted by Gasteiger charge is 2.15. The molecular weight excluding hydrogens is 268 g/mol. The zero-order chi connectivity index (χ0) is 15.6. The minimum atomic E-state index is -0.453. The number of rotatable bonds is 4. The third-order valence-corrected chi connectivity index (χ3v) is 3.40. The second-order valence-corrected chi connectivity index (χ2v) is 5.35. The Labute approximate surface area is 123 Å². The quantitative estimate of drug-likeness (QED) is 0.457. The van der Waals surface area contributed by atoms with E-state index in [-0.39, 0.29) is 23.5 Å². The third-order valence-electron chi connectivity index (χ3n) is 3.40. The van der Waals surface area contributed by atoms with Crippen LogP contribution in [-0.2, 0) is 6.42 Å². The maximum Gasteiger partial charge on any atom is 0.171 e. The molecule has 0 fully saturated rings. The van der Waals surface area contributed by atoms with Crippen molar-refractivity contribution < 1.29 is 20.1 Å². The van der Waals surface area contributed by atoms with E-state index < -0.39 is 11.5 Å². The minimum Gasteiger partial charge on any atom is -0.507 e. The second kappa shape index (κ2) is 5.87. The highest BCUT2D eigenvalue weighted by atomic mass is 16.3. The molecule has 110 valence electrons. The van der Waals surface area contributed by atoms with Crippen molar-refractivity contribution in [3.63, 3.8) is 0 Å². The predicted molar refractivity (Wildman–Crippen MR) is 80.0 cm³/mol. The molecule has 0 atom stereocenters. The molecule has 0 unspecified atom stereocenters. The molecule has 0 aliphatic heterocycles. The van der Waals surface area contributed by atoms with Crippen molar-refractivity contribution >= 4 is 5.78 Å². The first-order chi connectivity index (χ1) is 9.88. The number of benzene rings is 2. The van der Waals surface area contributed by atoms with Crippen LogP contribution in [0.4, 0.5) is 0 Å². The molecular formula is C17H18O4. The molecule has 0 spiro atoms. The zero-order valence-corrected chi connectivity index (χ0v) is 12.0. The van der Waals surface area contributed by atoms with Gasteiger partial charge in [-0.15, -0.1) is 0 Å². The molecule has 4 heteroatoms. The van der Waals surface area contributed by atoms with Crippen LogP contribution in [0.2, 0.25) is 0 Å². The number of hydrogen-bond donors (Lipinski definition) is 3. The molecule has 0 aliphatic carbocycles. The van der Waals surface area contributed by atoms with Crippen molar-refractivity contribution in [2.75, 3.05) is 0 Å². The van der Waals surface area contributed by atoms with Gasteiger partial charge < -0.3 is 15.3 Å². The molecule has 4 nitrogen and oxygen atoms in total. The van der Waals surface area contributed by atoms with Crippen molar-refractivity contribution in [1.82, 2.24) is 0 Å². The van der Waals surface area contributed by atoms with Gasteiger partial charge >= 0.3 is 0 Å². The van der Waals surface area contributed by atoms with E-state index in [2.05, 4.69) is 13.8 Å². The van der Waals surface area contributed by atoms with E-state index in [1.165, 1.54) is 5.56 Å². The Balaban J connectivity index is 2.20. The molecule has 0 radical (unpaired) electrons. The standard InChI is InChI=1S/C17H18O4/c1-10(2)12-5-3-11(4-6-12)7-14(18)13-8-16(20)17(21)9-15(13)19/h3-6,8-10,19-21H,7H2,1-2H3. The summed E-state index contributed by atoms with van der Waals surface area (Å²) in [5.74, 6) is -1.11. The van der Waals surface area contributed by atoms with E-state index in [0.717, 1.165) is 17.7 Å². The first-order valence-electron chi connectivity index (χ1n) is 6.75. The summed E-state index contributed by atoms with van der Waals surface area (Å²) in [5.41, 5.74) is 2.02. The summed E-state index contributed by atoms with van der Waals surface area (Å²) in [4.78, 5) is 12.2. The van der Waals surface area contributed by atoms with E-state index in [1.807, 2.05) is 24.3 Å².